The molecule has 1 aromatic carbocycles. The van der Waals surface area contributed by atoms with Crippen LogP contribution < -0.4 is 10.6 Å². The predicted octanol–water partition coefficient (Wildman–Crippen LogP) is 1.40. The summed E-state index contributed by atoms with van der Waals surface area (Å²) in [6.07, 6.45) is 1.26. The smallest absolute Gasteiger partial charge is 0.0894 e. The number of likely N-dealkylation sites (N-methyl/N-ethyl adjacent to an activating group) is 2. The van der Waals surface area contributed by atoms with Crippen molar-refractivity contribution in [3.63, 3.8) is 0 Å². The highest BCUT2D eigenvalue weighted by Gasteiger charge is 2.32. The summed E-state index contributed by atoms with van der Waals surface area (Å²) in [5, 5.41) is 0. The first-order chi connectivity index (χ1) is 9.74. The highest BCUT2D eigenvalue weighted by molar-refractivity contribution is 5.58. The highest BCUT2D eigenvalue weighted by atomic mass is 16.5. The number of rotatable bonds is 3. The summed E-state index contributed by atoms with van der Waals surface area (Å²) in [5.41, 5.74) is 10.1. The molecule has 3 rings (SSSR count). The number of hydrogen-bond donors (Lipinski definition) is 1. The van der Waals surface area contributed by atoms with Crippen LogP contribution in [-0.4, -0.2) is 50.8 Å². The van der Waals surface area contributed by atoms with Gasteiger partial charge in [0.2, 0.25) is 0 Å². The summed E-state index contributed by atoms with van der Waals surface area (Å²) in [4.78, 5) is 4.82. The average molecular weight is 275 g/mol. The lowest BCUT2D eigenvalue weighted by molar-refractivity contribution is -0.0658. The van der Waals surface area contributed by atoms with Gasteiger partial charge < -0.3 is 15.4 Å². The maximum absolute atomic E-state index is 5.92. The molecular formula is C16H25N3O. The molecule has 0 saturated carbocycles. The first-order valence-corrected chi connectivity index (χ1v) is 7.64. The summed E-state index contributed by atoms with van der Waals surface area (Å²) in [6, 6.07) is 7.18. The van der Waals surface area contributed by atoms with Gasteiger partial charge in [-0.1, -0.05) is 19.1 Å². The van der Waals surface area contributed by atoms with Crippen LogP contribution in [0.5, 0.6) is 0 Å². The van der Waals surface area contributed by atoms with Crippen molar-refractivity contribution in [2.45, 2.75) is 25.5 Å². The maximum atomic E-state index is 5.92. The van der Waals surface area contributed by atoms with Crippen molar-refractivity contribution in [3.8, 4) is 0 Å². The molecule has 0 radical (unpaired) electrons. The number of nitrogens with zero attached hydrogens (tertiary/aromatic N) is 2. The zero-order chi connectivity index (χ0) is 14.1. The SMILES string of the molecule is CCN1CCOC(CN)C1c1ccc2c(c1)CCN2C. The fourth-order valence-electron chi connectivity index (χ4n) is 3.53. The van der Waals surface area contributed by atoms with Gasteiger partial charge in [0.15, 0.2) is 0 Å². The number of benzene rings is 1. The van der Waals surface area contributed by atoms with Crippen LogP contribution in [0.1, 0.15) is 24.1 Å². The van der Waals surface area contributed by atoms with Crippen molar-refractivity contribution >= 4 is 5.69 Å². The Morgan fingerprint density at radius 1 is 1.35 bits per heavy atom. The normalized spacial score (nSPS) is 26.9. The van der Waals surface area contributed by atoms with Crippen LogP contribution >= 0.6 is 0 Å². The van der Waals surface area contributed by atoms with Gasteiger partial charge in [0.1, 0.15) is 0 Å². The minimum atomic E-state index is 0.112. The summed E-state index contributed by atoms with van der Waals surface area (Å²) < 4.78 is 5.89. The molecule has 20 heavy (non-hydrogen) atoms. The average Bonchev–Trinajstić information content (AvgIpc) is 2.87. The molecule has 2 unspecified atom stereocenters. The molecule has 1 aromatic rings. The van der Waals surface area contributed by atoms with E-state index in [9.17, 15) is 0 Å². The van der Waals surface area contributed by atoms with E-state index in [1.54, 1.807) is 0 Å². The summed E-state index contributed by atoms with van der Waals surface area (Å²) in [7, 11) is 2.16. The topological polar surface area (TPSA) is 41.7 Å². The number of nitrogens with two attached hydrogens (primary N) is 1. The number of anilines is 1. The van der Waals surface area contributed by atoms with Crippen molar-refractivity contribution in [1.82, 2.24) is 4.90 Å². The zero-order valence-electron chi connectivity index (χ0n) is 12.5. The standard InChI is InChI=1S/C16H25N3O/c1-3-19-8-9-20-15(11-17)16(19)13-4-5-14-12(10-13)6-7-18(14)2/h4-5,10,15-16H,3,6-9,11,17H2,1-2H3. The van der Waals surface area contributed by atoms with Gasteiger partial charge >= 0.3 is 0 Å². The van der Waals surface area contributed by atoms with Gasteiger partial charge in [0.05, 0.1) is 18.8 Å². The molecule has 1 fully saturated rings. The van der Waals surface area contributed by atoms with E-state index in [2.05, 4.69) is 42.0 Å². The molecular weight excluding hydrogens is 250 g/mol. The number of hydrogen-bond acceptors (Lipinski definition) is 4. The lowest BCUT2D eigenvalue weighted by atomic mass is 9.95. The molecule has 4 nitrogen and oxygen atoms in total. The molecule has 1 saturated heterocycles. The Hall–Kier alpha value is -1.10. The molecule has 0 spiro atoms. The fraction of sp³-hybridized carbons (Fsp3) is 0.625. The molecule has 2 atom stereocenters. The first kappa shape index (κ1) is 13.9. The van der Waals surface area contributed by atoms with Crippen molar-refractivity contribution in [1.29, 1.82) is 0 Å². The Morgan fingerprint density at radius 3 is 2.95 bits per heavy atom. The second kappa shape index (κ2) is 5.72. The second-order valence-electron chi connectivity index (χ2n) is 5.78. The van der Waals surface area contributed by atoms with Crippen LogP contribution in [0.25, 0.3) is 0 Å². The Morgan fingerprint density at radius 2 is 2.20 bits per heavy atom. The molecule has 4 heteroatoms. The van der Waals surface area contributed by atoms with Crippen LogP contribution in [0, 0.1) is 0 Å². The van der Waals surface area contributed by atoms with Gasteiger partial charge in [0.25, 0.3) is 0 Å². The molecule has 2 aliphatic rings. The number of fused-ring (bicyclic) bond motifs is 1. The van der Waals surface area contributed by atoms with Crippen molar-refractivity contribution in [2.24, 2.45) is 5.73 Å². The van der Waals surface area contributed by atoms with Crippen molar-refractivity contribution in [2.75, 3.05) is 44.7 Å². The van der Waals surface area contributed by atoms with E-state index in [1.165, 1.54) is 16.8 Å². The van der Waals surface area contributed by atoms with Crippen LogP contribution in [0.4, 0.5) is 5.69 Å². The summed E-state index contributed by atoms with van der Waals surface area (Å²) >= 11 is 0. The first-order valence-electron chi connectivity index (χ1n) is 7.64. The second-order valence-corrected chi connectivity index (χ2v) is 5.78. The molecule has 2 N–H and O–H groups in total. The predicted molar refractivity (Wildman–Crippen MR) is 82.2 cm³/mol. The third-order valence-electron chi connectivity index (χ3n) is 4.67. The van der Waals surface area contributed by atoms with Gasteiger partial charge in [0, 0.05) is 32.4 Å². The third-order valence-corrected chi connectivity index (χ3v) is 4.67. The molecule has 0 amide bonds. The van der Waals surface area contributed by atoms with Gasteiger partial charge in [-0.05, 0) is 30.2 Å². The Kier molecular flexibility index (Phi) is 3.96. The summed E-state index contributed by atoms with van der Waals surface area (Å²) in [6.45, 7) is 6.75. The lowest BCUT2D eigenvalue weighted by Crippen LogP contribution is -2.48. The van der Waals surface area contributed by atoms with Crippen molar-refractivity contribution < 1.29 is 4.74 Å². The minimum Gasteiger partial charge on any atom is -0.374 e. The van der Waals surface area contributed by atoms with E-state index in [0.717, 1.165) is 32.7 Å². The fourth-order valence-corrected chi connectivity index (χ4v) is 3.53. The van der Waals surface area contributed by atoms with Gasteiger partial charge in [-0.25, -0.2) is 0 Å². The van der Waals surface area contributed by atoms with E-state index in [-0.39, 0.29) is 6.10 Å². The van der Waals surface area contributed by atoms with E-state index in [0.29, 0.717) is 12.6 Å². The van der Waals surface area contributed by atoms with Crippen LogP contribution in [0.15, 0.2) is 18.2 Å². The number of morpholine rings is 1. The van der Waals surface area contributed by atoms with Crippen LogP contribution in [0.2, 0.25) is 0 Å². The molecule has 2 aliphatic heterocycles. The largest absolute Gasteiger partial charge is 0.374 e. The molecule has 110 valence electrons. The van der Waals surface area contributed by atoms with E-state index < -0.39 is 0 Å². The van der Waals surface area contributed by atoms with E-state index >= 15 is 0 Å². The molecule has 0 aliphatic carbocycles. The Balaban J connectivity index is 1.93. The third kappa shape index (κ3) is 2.32. The van der Waals surface area contributed by atoms with Crippen molar-refractivity contribution in [3.05, 3.63) is 29.3 Å². The molecule has 2 heterocycles. The molecule has 0 bridgehead atoms. The van der Waals surface area contributed by atoms with Crippen LogP contribution in [-0.2, 0) is 11.2 Å². The minimum absolute atomic E-state index is 0.112. The van der Waals surface area contributed by atoms with Gasteiger partial charge in [-0.3, -0.25) is 4.90 Å². The van der Waals surface area contributed by atoms with Gasteiger partial charge in [-0.2, -0.15) is 0 Å². The van der Waals surface area contributed by atoms with Crippen LogP contribution in [0.3, 0.4) is 0 Å². The maximum Gasteiger partial charge on any atom is 0.0894 e. The van der Waals surface area contributed by atoms with E-state index in [4.69, 9.17) is 10.5 Å². The Labute approximate surface area is 121 Å². The molecule has 0 aromatic heterocycles. The number of ether oxygens (including phenoxy) is 1. The lowest BCUT2D eigenvalue weighted by Gasteiger charge is -2.40. The van der Waals surface area contributed by atoms with Gasteiger partial charge in [-0.15, -0.1) is 0 Å². The highest BCUT2D eigenvalue weighted by Crippen LogP contribution is 2.34. The summed E-state index contributed by atoms with van der Waals surface area (Å²) in [5.74, 6) is 0. The Bertz CT molecular complexity index is 465. The van der Waals surface area contributed by atoms with E-state index in [1.807, 2.05) is 0 Å². The quantitative estimate of drug-likeness (QED) is 0.905. The monoisotopic (exact) mass is 275 g/mol. The zero-order valence-corrected chi connectivity index (χ0v) is 12.5.